The Morgan fingerprint density at radius 3 is 2.78 bits per heavy atom. The van der Waals surface area contributed by atoms with E-state index in [0.717, 1.165) is 48.2 Å². The number of halogens is 1. The average molecular weight is 245 g/mol. The molecule has 0 saturated heterocycles. The molecule has 1 aromatic heterocycles. The van der Waals surface area contributed by atoms with Gasteiger partial charge in [0.15, 0.2) is 0 Å². The van der Waals surface area contributed by atoms with E-state index in [9.17, 15) is 4.39 Å². The first-order valence-corrected chi connectivity index (χ1v) is 6.29. The zero-order valence-corrected chi connectivity index (χ0v) is 10.4. The van der Waals surface area contributed by atoms with Crippen LogP contribution in [0.4, 0.5) is 10.2 Å². The number of nitrogens with two attached hydrogens (primary N) is 1. The predicted molar refractivity (Wildman–Crippen MR) is 69.3 cm³/mol. The van der Waals surface area contributed by atoms with Crippen molar-refractivity contribution in [1.82, 2.24) is 9.78 Å². The van der Waals surface area contributed by atoms with E-state index in [2.05, 4.69) is 5.10 Å². The van der Waals surface area contributed by atoms with Crippen LogP contribution in [0.15, 0.2) is 18.2 Å². The van der Waals surface area contributed by atoms with E-state index in [-0.39, 0.29) is 5.82 Å². The highest BCUT2D eigenvalue weighted by Gasteiger charge is 2.20. The molecule has 0 amide bonds. The number of aryl methyl sites for hydroxylation is 1. The molecular weight excluding hydrogens is 229 g/mol. The van der Waals surface area contributed by atoms with E-state index < -0.39 is 0 Å². The molecule has 3 rings (SSSR count). The smallest absolute Gasteiger partial charge is 0.149 e. The van der Waals surface area contributed by atoms with Gasteiger partial charge in [-0.15, -0.1) is 0 Å². The van der Waals surface area contributed by atoms with Gasteiger partial charge >= 0.3 is 0 Å². The fourth-order valence-electron chi connectivity index (χ4n) is 2.68. The summed E-state index contributed by atoms with van der Waals surface area (Å²) in [6.07, 6.45) is 4.25. The van der Waals surface area contributed by atoms with Crippen LogP contribution in [0.1, 0.15) is 29.7 Å². The number of rotatable bonds is 1. The molecule has 0 spiro atoms. The molecule has 0 saturated carbocycles. The van der Waals surface area contributed by atoms with Gasteiger partial charge in [0.1, 0.15) is 11.6 Å². The summed E-state index contributed by atoms with van der Waals surface area (Å²) in [7, 11) is 0. The molecule has 4 heteroatoms. The minimum Gasteiger partial charge on any atom is -0.382 e. The van der Waals surface area contributed by atoms with Gasteiger partial charge in [-0.2, -0.15) is 5.10 Å². The monoisotopic (exact) mass is 245 g/mol. The van der Waals surface area contributed by atoms with Crippen LogP contribution >= 0.6 is 0 Å². The number of benzene rings is 1. The molecule has 1 aliphatic rings. The van der Waals surface area contributed by atoms with Gasteiger partial charge in [-0.3, -0.25) is 0 Å². The number of anilines is 1. The molecule has 1 heterocycles. The molecule has 94 valence electrons. The van der Waals surface area contributed by atoms with Crippen LogP contribution in [0.3, 0.4) is 0 Å². The van der Waals surface area contributed by atoms with Crippen molar-refractivity contribution in [2.24, 2.45) is 0 Å². The average Bonchev–Trinajstić information content (AvgIpc) is 2.66. The highest BCUT2D eigenvalue weighted by atomic mass is 19.1. The third kappa shape index (κ3) is 1.78. The predicted octanol–water partition coefficient (Wildman–Crippen LogP) is 2.78. The van der Waals surface area contributed by atoms with Crippen LogP contribution in [0.25, 0.3) is 5.69 Å². The van der Waals surface area contributed by atoms with Crippen LogP contribution in [0.2, 0.25) is 0 Å². The minimum absolute atomic E-state index is 0.233. The molecule has 1 aliphatic carbocycles. The zero-order valence-electron chi connectivity index (χ0n) is 10.4. The Hall–Kier alpha value is -1.84. The molecule has 0 radical (unpaired) electrons. The summed E-state index contributed by atoms with van der Waals surface area (Å²) in [5.74, 6) is 0.357. The molecule has 3 nitrogen and oxygen atoms in total. The second kappa shape index (κ2) is 4.12. The molecule has 0 bridgehead atoms. The quantitative estimate of drug-likeness (QED) is 0.839. The number of nitrogen functional groups attached to an aromatic ring is 1. The lowest BCUT2D eigenvalue weighted by Gasteiger charge is -2.14. The maximum atomic E-state index is 13.5. The summed E-state index contributed by atoms with van der Waals surface area (Å²) in [6.45, 7) is 1.88. The molecule has 0 unspecified atom stereocenters. The normalized spacial score (nSPS) is 14.6. The van der Waals surface area contributed by atoms with Gasteiger partial charge in [-0.1, -0.05) is 0 Å². The van der Waals surface area contributed by atoms with Gasteiger partial charge in [0.25, 0.3) is 0 Å². The maximum absolute atomic E-state index is 13.5. The lowest BCUT2D eigenvalue weighted by molar-refractivity contribution is 0.620. The largest absolute Gasteiger partial charge is 0.382 e. The summed E-state index contributed by atoms with van der Waals surface area (Å²) >= 11 is 0. The van der Waals surface area contributed by atoms with Crippen molar-refractivity contribution in [3.8, 4) is 5.69 Å². The topological polar surface area (TPSA) is 43.8 Å². The number of nitrogens with zero attached hydrogens (tertiary/aromatic N) is 2. The fourth-order valence-corrected chi connectivity index (χ4v) is 2.68. The standard InChI is InChI=1S/C14H16FN3/c1-9-6-10(15)8-11(7-9)18-13-5-3-2-4-12(13)14(16)17-18/h6-8H,2-5H2,1H3,(H2,16,17). The third-order valence-corrected chi connectivity index (χ3v) is 3.48. The zero-order chi connectivity index (χ0) is 12.7. The fraction of sp³-hybridized carbons (Fsp3) is 0.357. The highest BCUT2D eigenvalue weighted by Crippen LogP contribution is 2.28. The SMILES string of the molecule is Cc1cc(F)cc(-n2nc(N)c3c2CCCC3)c1. The van der Waals surface area contributed by atoms with Gasteiger partial charge in [0.2, 0.25) is 0 Å². The first-order chi connectivity index (χ1) is 8.65. The van der Waals surface area contributed by atoms with Crippen molar-refractivity contribution in [3.05, 3.63) is 40.8 Å². The van der Waals surface area contributed by atoms with Crippen LogP contribution in [-0.2, 0) is 12.8 Å². The van der Waals surface area contributed by atoms with Crippen molar-refractivity contribution in [2.75, 3.05) is 5.73 Å². The second-order valence-electron chi connectivity index (χ2n) is 4.92. The molecule has 2 aromatic rings. The summed E-state index contributed by atoms with van der Waals surface area (Å²) in [6, 6.07) is 4.96. The molecule has 0 fully saturated rings. The van der Waals surface area contributed by atoms with E-state index in [4.69, 9.17) is 5.73 Å². The summed E-state index contributed by atoms with van der Waals surface area (Å²) < 4.78 is 15.3. The lowest BCUT2D eigenvalue weighted by Crippen LogP contribution is -2.08. The third-order valence-electron chi connectivity index (χ3n) is 3.48. The summed E-state index contributed by atoms with van der Waals surface area (Å²) in [5.41, 5.74) is 9.89. The summed E-state index contributed by atoms with van der Waals surface area (Å²) in [4.78, 5) is 0. The van der Waals surface area contributed by atoms with Crippen LogP contribution < -0.4 is 5.73 Å². The van der Waals surface area contributed by atoms with E-state index in [0.29, 0.717) is 5.82 Å². The van der Waals surface area contributed by atoms with Crippen molar-refractivity contribution in [1.29, 1.82) is 0 Å². The van der Waals surface area contributed by atoms with Gasteiger partial charge < -0.3 is 5.73 Å². The van der Waals surface area contributed by atoms with Crippen molar-refractivity contribution in [3.63, 3.8) is 0 Å². The minimum atomic E-state index is -0.233. The Kier molecular flexibility index (Phi) is 2.58. The molecule has 0 atom stereocenters. The van der Waals surface area contributed by atoms with Crippen molar-refractivity contribution in [2.45, 2.75) is 32.6 Å². The Labute approximate surface area is 105 Å². The Bertz CT molecular complexity index is 581. The van der Waals surface area contributed by atoms with Crippen LogP contribution in [-0.4, -0.2) is 9.78 Å². The number of hydrogen-bond donors (Lipinski definition) is 1. The first kappa shape index (κ1) is 11.3. The van der Waals surface area contributed by atoms with Crippen LogP contribution in [0, 0.1) is 12.7 Å². The highest BCUT2D eigenvalue weighted by molar-refractivity contribution is 5.48. The van der Waals surface area contributed by atoms with E-state index in [1.165, 1.54) is 12.1 Å². The van der Waals surface area contributed by atoms with E-state index >= 15 is 0 Å². The van der Waals surface area contributed by atoms with Crippen LogP contribution in [0.5, 0.6) is 0 Å². The molecular formula is C14H16FN3. The van der Waals surface area contributed by atoms with Crippen molar-refractivity contribution < 1.29 is 4.39 Å². The first-order valence-electron chi connectivity index (χ1n) is 6.29. The van der Waals surface area contributed by atoms with Gasteiger partial charge in [0, 0.05) is 11.3 Å². The van der Waals surface area contributed by atoms with Crippen molar-refractivity contribution >= 4 is 5.82 Å². The number of aromatic nitrogens is 2. The van der Waals surface area contributed by atoms with Gasteiger partial charge in [-0.05, 0) is 56.4 Å². The second-order valence-corrected chi connectivity index (χ2v) is 4.92. The lowest BCUT2D eigenvalue weighted by atomic mass is 9.97. The molecule has 2 N–H and O–H groups in total. The van der Waals surface area contributed by atoms with E-state index in [1.807, 2.05) is 13.0 Å². The Morgan fingerprint density at radius 1 is 1.22 bits per heavy atom. The number of fused-ring (bicyclic) bond motifs is 1. The molecule has 1 aromatic carbocycles. The van der Waals surface area contributed by atoms with E-state index in [1.54, 1.807) is 4.68 Å². The maximum Gasteiger partial charge on any atom is 0.149 e. The Morgan fingerprint density at radius 2 is 2.00 bits per heavy atom. The molecule has 18 heavy (non-hydrogen) atoms. The number of hydrogen-bond acceptors (Lipinski definition) is 2. The van der Waals surface area contributed by atoms with Gasteiger partial charge in [-0.25, -0.2) is 9.07 Å². The molecule has 0 aliphatic heterocycles. The van der Waals surface area contributed by atoms with Gasteiger partial charge in [0.05, 0.1) is 5.69 Å². The Balaban J connectivity index is 2.17. The summed E-state index contributed by atoms with van der Waals surface area (Å²) in [5, 5.41) is 4.37.